The number of aryl methyl sites for hydroxylation is 2. The summed E-state index contributed by atoms with van der Waals surface area (Å²) in [5.41, 5.74) is 2.53. The van der Waals surface area contributed by atoms with E-state index in [2.05, 4.69) is 42.3 Å². The van der Waals surface area contributed by atoms with Crippen molar-refractivity contribution in [1.82, 2.24) is 4.98 Å². The van der Waals surface area contributed by atoms with Crippen LogP contribution < -0.4 is 5.32 Å². The number of hydrogen-bond donors (Lipinski definition) is 1. The summed E-state index contributed by atoms with van der Waals surface area (Å²) in [6.07, 6.45) is 0. The van der Waals surface area contributed by atoms with Gasteiger partial charge in [0.1, 0.15) is 10.8 Å². The third-order valence-electron chi connectivity index (χ3n) is 2.83. The van der Waals surface area contributed by atoms with Gasteiger partial charge in [0.05, 0.1) is 10.0 Å². The van der Waals surface area contributed by atoms with E-state index in [1.807, 2.05) is 0 Å². The summed E-state index contributed by atoms with van der Waals surface area (Å²) in [5.74, 6) is 0.636. The molecule has 0 amide bonds. The topological polar surface area (TPSA) is 24.9 Å². The van der Waals surface area contributed by atoms with E-state index < -0.39 is 0 Å². The van der Waals surface area contributed by atoms with Gasteiger partial charge in [-0.3, -0.25) is 0 Å². The van der Waals surface area contributed by atoms with Gasteiger partial charge in [-0.25, -0.2) is 4.98 Å². The number of anilines is 1. The number of nitrogens with one attached hydrogen (secondary N) is 1. The molecule has 0 aliphatic rings. The molecule has 5 heteroatoms. The minimum absolute atomic E-state index is 0.525. The van der Waals surface area contributed by atoms with Crippen LogP contribution in [0.2, 0.25) is 10.0 Å². The van der Waals surface area contributed by atoms with Gasteiger partial charge in [0.15, 0.2) is 0 Å². The highest BCUT2D eigenvalue weighted by molar-refractivity contribution is 7.99. The van der Waals surface area contributed by atoms with Crippen molar-refractivity contribution in [2.75, 3.05) is 12.4 Å². The van der Waals surface area contributed by atoms with Crippen molar-refractivity contribution in [3.05, 3.63) is 45.4 Å². The second kappa shape index (κ2) is 6.04. The molecule has 1 N–H and O–H groups in total. The number of benzene rings is 1. The Hall–Kier alpha value is -0.900. The summed E-state index contributed by atoms with van der Waals surface area (Å²) in [4.78, 5) is 5.54. The van der Waals surface area contributed by atoms with Crippen molar-refractivity contribution in [1.29, 1.82) is 0 Å². The number of hydrogen-bond acceptors (Lipinski definition) is 3. The van der Waals surface area contributed by atoms with Gasteiger partial charge < -0.3 is 5.32 Å². The Morgan fingerprint density at radius 3 is 2.42 bits per heavy atom. The lowest BCUT2D eigenvalue weighted by Gasteiger charge is -2.09. The van der Waals surface area contributed by atoms with E-state index in [0.717, 1.165) is 9.92 Å². The maximum Gasteiger partial charge on any atom is 0.146 e. The molecule has 0 spiro atoms. The van der Waals surface area contributed by atoms with Crippen molar-refractivity contribution in [2.24, 2.45) is 0 Å². The second-order valence-electron chi connectivity index (χ2n) is 4.20. The molecule has 0 fully saturated rings. The standard InChI is InChI=1S/C14H14Cl2N2S/c1-8-4-5-10(6-9(8)2)19-14-12(16)7-11(15)13(17-3)18-14/h4-7H,1-3H3,(H,17,18). The van der Waals surface area contributed by atoms with Gasteiger partial charge in [0, 0.05) is 11.9 Å². The molecule has 1 aromatic carbocycles. The zero-order chi connectivity index (χ0) is 14.0. The molecular weight excluding hydrogens is 299 g/mol. The zero-order valence-electron chi connectivity index (χ0n) is 10.9. The summed E-state index contributed by atoms with van der Waals surface area (Å²) in [5, 5.41) is 4.79. The lowest BCUT2D eigenvalue weighted by molar-refractivity contribution is 1.12. The predicted octanol–water partition coefficient (Wildman–Crippen LogP) is 5.20. The fraction of sp³-hybridized carbons (Fsp3) is 0.214. The molecular formula is C14H14Cl2N2S. The van der Waals surface area contributed by atoms with Crippen molar-refractivity contribution in [3.8, 4) is 0 Å². The summed E-state index contributed by atoms with van der Waals surface area (Å²) in [6.45, 7) is 4.19. The average molecular weight is 313 g/mol. The minimum Gasteiger partial charge on any atom is -0.372 e. The van der Waals surface area contributed by atoms with E-state index >= 15 is 0 Å². The number of aromatic nitrogens is 1. The van der Waals surface area contributed by atoms with Crippen molar-refractivity contribution in [3.63, 3.8) is 0 Å². The zero-order valence-corrected chi connectivity index (χ0v) is 13.2. The molecule has 0 unspecified atom stereocenters. The van der Waals surface area contributed by atoms with Gasteiger partial charge in [-0.15, -0.1) is 0 Å². The van der Waals surface area contributed by atoms with Crippen LogP contribution in [0, 0.1) is 13.8 Å². The fourth-order valence-corrected chi connectivity index (χ4v) is 3.04. The van der Waals surface area contributed by atoms with Crippen molar-refractivity contribution in [2.45, 2.75) is 23.8 Å². The number of pyridine rings is 1. The normalized spacial score (nSPS) is 10.6. The molecule has 0 aliphatic carbocycles. The largest absolute Gasteiger partial charge is 0.372 e. The average Bonchev–Trinajstić information content (AvgIpc) is 2.37. The Labute approximate surface area is 127 Å². The van der Waals surface area contributed by atoms with Gasteiger partial charge in [0.25, 0.3) is 0 Å². The molecule has 0 aliphatic heterocycles. The Morgan fingerprint density at radius 1 is 1.05 bits per heavy atom. The van der Waals surface area contributed by atoms with Gasteiger partial charge >= 0.3 is 0 Å². The van der Waals surface area contributed by atoms with E-state index in [1.54, 1.807) is 13.1 Å². The third kappa shape index (κ3) is 3.35. The van der Waals surface area contributed by atoms with Gasteiger partial charge in [-0.1, -0.05) is 41.0 Å². The van der Waals surface area contributed by atoms with Crippen LogP contribution in [-0.4, -0.2) is 12.0 Å². The van der Waals surface area contributed by atoms with Crippen LogP contribution >= 0.6 is 35.0 Å². The minimum atomic E-state index is 0.525. The van der Waals surface area contributed by atoms with Crippen LogP contribution in [0.1, 0.15) is 11.1 Å². The molecule has 2 rings (SSSR count). The van der Waals surface area contributed by atoms with Crippen LogP contribution in [0.25, 0.3) is 0 Å². The molecule has 2 aromatic rings. The Bertz CT molecular complexity index is 615. The predicted molar refractivity (Wildman–Crippen MR) is 83.8 cm³/mol. The van der Waals surface area contributed by atoms with Crippen LogP contribution in [-0.2, 0) is 0 Å². The van der Waals surface area contributed by atoms with Gasteiger partial charge in [0.2, 0.25) is 0 Å². The summed E-state index contributed by atoms with van der Waals surface area (Å²) < 4.78 is 0. The highest BCUT2D eigenvalue weighted by atomic mass is 35.5. The number of rotatable bonds is 3. The van der Waals surface area contributed by atoms with E-state index in [4.69, 9.17) is 23.2 Å². The first-order valence-electron chi connectivity index (χ1n) is 5.80. The van der Waals surface area contributed by atoms with Crippen LogP contribution in [0.5, 0.6) is 0 Å². The summed E-state index contributed by atoms with van der Waals surface area (Å²) >= 11 is 13.7. The van der Waals surface area contributed by atoms with Gasteiger partial charge in [-0.2, -0.15) is 0 Å². The van der Waals surface area contributed by atoms with Crippen molar-refractivity contribution >= 4 is 40.8 Å². The third-order valence-corrected chi connectivity index (χ3v) is 4.51. The lowest BCUT2D eigenvalue weighted by Crippen LogP contribution is -1.95. The summed E-state index contributed by atoms with van der Waals surface area (Å²) in [7, 11) is 1.78. The van der Waals surface area contributed by atoms with E-state index in [9.17, 15) is 0 Å². The quantitative estimate of drug-likeness (QED) is 0.843. The second-order valence-corrected chi connectivity index (χ2v) is 6.08. The molecule has 0 atom stereocenters. The lowest BCUT2D eigenvalue weighted by atomic mass is 10.1. The maximum atomic E-state index is 6.18. The van der Waals surface area contributed by atoms with E-state index in [0.29, 0.717) is 15.9 Å². The molecule has 0 saturated carbocycles. The molecule has 0 saturated heterocycles. The highest BCUT2D eigenvalue weighted by Gasteiger charge is 2.10. The number of halogens is 2. The Morgan fingerprint density at radius 2 is 1.79 bits per heavy atom. The van der Waals surface area contributed by atoms with Gasteiger partial charge in [-0.05, 0) is 43.2 Å². The van der Waals surface area contributed by atoms with Crippen molar-refractivity contribution < 1.29 is 0 Å². The molecule has 100 valence electrons. The van der Waals surface area contributed by atoms with E-state index in [1.165, 1.54) is 22.9 Å². The SMILES string of the molecule is CNc1nc(Sc2ccc(C)c(C)c2)c(Cl)cc1Cl. The maximum absolute atomic E-state index is 6.18. The van der Waals surface area contributed by atoms with E-state index in [-0.39, 0.29) is 0 Å². The molecule has 1 heterocycles. The Balaban J connectivity index is 2.34. The molecule has 19 heavy (non-hydrogen) atoms. The molecule has 1 aromatic heterocycles. The molecule has 2 nitrogen and oxygen atoms in total. The van der Waals surface area contributed by atoms with Crippen LogP contribution in [0.3, 0.4) is 0 Å². The molecule has 0 bridgehead atoms. The summed E-state index contributed by atoms with van der Waals surface area (Å²) in [6, 6.07) is 8.01. The Kier molecular flexibility index (Phi) is 4.61. The van der Waals surface area contributed by atoms with Crippen LogP contribution in [0.15, 0.2) is 34.2 Å². The fourth-order valence-electron chi connectivity index (χ4n) is 1.59. The first-order valence-corrected chi connectivity index (χ1v) is 7.37. The number of nitrogens with zero attached hydrogens (tertiary/aromatic N) is 1. The van der Waals surface area contributed by atoms with Crippen LogP contribution in [0.4, 0.5) is 5.82 Å². The molecule has 0 radical (unpaired) electrons. The first kappa shape index (κ1) is 14.5. The first-order chi connectivity index (χ1) is 9.01. The highest BCUT2D eigenvalue weighted by Crippen LogP contribution is 2.36. The monoisotopic (exact) mass is 312 g/mol. The smallest absolute Gasteiger partial charge is 0.146 e.